The van der Waals surface area contributed by atoms with E-state index in [-0.39, 0.29) is 13.0 Å². The molecule has 0 radical (unpaired) electrons. The van der Waals surface area contributed by atoms with E-state index in [1.54, 1.807) is 0 Å². The van der Waals surface area contributed by atoms with Crippen molar-refractivity contribution in [2.75, 3.05) is 32.9 Å². The number of aliphatic hydroxyl groups excluding tert-OH is 4. The summed E-state index contributed by atoms with van der Waals surface area (Å²) in [7, 11) is 0. The molecule has 0 aromatic heterocycles. The van der Waals surface area contributed by atoms with E-state index in [0.29, 0.717) is 6.42 Å². The normalized spacial score (nSPS) is 18.8. The average molecular weight is 606 g/mol. The minimum Gasteiger partial charge on any atom is -0.480 e. The van der Waals surface area contributed by atoms with Crippen molar-refractivity contribution in [3.63, 3.8) is 0 Å². The molecule has 238 valence electrons. The molecule has 19 nitrogen and oxygen atoms in total. The van der Waals surface area contributed by atoms with E-state index < -0.39 is 110 Å². The van der Waals surface area contributed by atoms with Gasteiger partial charge in [-0.25, -0.2) is 4.79 Å². The Morgan fingerprint density at radius 2 is 1.48 bits per heavy atom. The van der Waals surface area contributed by atoms with Gasteiger partial charge in [-0.2, -0.15) is 0 Å². The summed E-state index contributed by atoms with van der Waals surface area (Å²) in [6, 6.07) is -8.29. The summed E-state index contributed by atoms with van der Waals surface area (Å²) in [5.41, 5.74) is 5.35. The molecular formula is C23H39N7O12. The molecular weight excluding hydrogens is 566 g/mol. The number of nitrogens with one attached hydrogen (secondary N) is 5. The number of amides is 6. The van der Waals surface area contributed by atoms with Crippen LogP contribution in [0, 0.1) is 0 Å². The van der Waals surface area contributed by atoms with E-state index >= 15 is 0 Å². The molecule has 1 aliphatic heterocycles. The molecule has 6 amide bonds. The van der Waals surface area contributed by atoms with E-state index in [1.165, 1.54) is 13.8 Å². The summed E-state index contributed by atoms with van der Waals surface area (Å²) >= 11 is 0. The van der Waals surface area contributed by atoms with E-state index in [2.05, 4.69) is 26.6 Å². The lowest BCUT2D eigenvalue weighted by atomic mass is 10.1. The SMILES string of the molecule is C[C@H](NC(=O)[C@@H](N)CO)C(=O)N[C@@H](CO)C(=O)NCC(=O)N[C@H](C(=O)N1CCC[C@H]1C(=O)N[C@@H](CO)C(=O)O)[C@@H](C)O. The Labute approximate surface area is 240 Å². The highest BCUT2D eigenvalue weighted by Crippen LogP contribution is 2.19. The van der Waals surface area contributed by atoms with Crippen molar-refractivity contribution in [2.45, 2.75) is 69.0 Å². The number of carbonyl (C=O) groups excluding carboxylic acids is 6. The maximum atomic E-state index is 13.1. The second-order valence-electron chi connectivity index (χ2n) is 9.54. The zero-order valence-electron chi connectivity index (χ0n) is 23.1. The highest BCUT2D eigenvalue weighted by atomic mass is 16.4. The van der Waals surface area contributed by atoms with E-state index in [0.717, 1.165) is 4.90 Å². The third-order valence-electron chi connectivity index (χ3n) is 6.22. The zero-order valence-corrected chi connectivity index (χ0v) is 23.1. The molecule has 1 saturated heterocycles. The van der Waals surface area contributed by atoms with Crippen LogP contribution in [0.5, 0.6) is 0 Å². The van der Waals surface area contributed by atoms with Gasteiger partial charge in [0.25, 0.3) is 0 Å². The zero-order chi connectivity index (χ0) is 32.1. The molecule has 12 N–H and O–H groups in total. The first-order valence-corrected chi connectivity index (χ1v) is 13.0. The number of aliphatic hydroxyl groups is 4. The number of aliphatic carboxylic acids is 1. The first-order chi connectivity index (χ1) is 19.7. The van der Waals surface area contributed by atoms with Crippen molar-refractivity contribution in [1.29, 1.82) is 0 Å². The molecule has 1 fully saturated rings. The van der Waals surface area contributed by atoms with E-state index in [1.807, 2.05) is 0 Å². The topological polar surface area (TPSA) is 310 Å². The Hall–Kier alpha value is -3.91. The van der Waals surface area contributed by atoms with Crippen LogP contribution in [-0.2, 0) is 33.6 Å². The average Bonchev–Trinajstić information content (AvgIpc) is 3.44. The fourth-order valence-electron chi connectivity index (χ4n) is 3.80. The first kappa shape index (κ1) is 36.1. The molecule has 1 rings (SSSR count). The van der Waals surface area contributed by atoms with Gasteiger partial charge < -0.3 is 62.8 Å². The number of hydrogen-bond acceptors (Lipinski definition) is 12. The minimum absolute atomic E-state index is 0.0618. The molecule has 0 aliphatic carbocycles. The van der Waals surface area contributed by atoms with Crippen LogP contribution < -0.4 is 32.3 Å². The molecule has 7 atom stereocenters. The third-order valence-corrected chi connectivity index (χ3v) is 6.22. The van der Waals surface area contributed by atoms with Crippen LogP contribution in [-0.4, -0.2) is 147 Å². The predicted molar refractivity (Wildman–Crippen MR) is 140 cm³/mol. The van der Waals surface area contributed by atoms with Crippen LogP contribution in [0.1, 0.15) is 26.7 Å². The highest BCUT2D eigenvalue weighted by Gasteiger charge is 2.40. The van der Waals surface area contributed by atoms with Gasteiger partial charge in [-0.1, -0.05) is 0 Å². The van der Waals surface area contributed by atoms with Crippen molar-refractivity contribution in [1.82, 2.24) is 31.5 Å². The molecule has 0 aromatic carbocycles. The summed E-state index contributed by atoms with van der Waals surface area (Å²) in [6.45, 7) is -0.666. The molecule has 1 aliphatic rings. The standard InChI is InChI=1S/C23H39N7O12/c1-10(26-19(37)12(24)7-31)18(36)27-13(8-32)20(38)25-6-16(35)29-17(11(2)34)22(40)30-5-3-4-15(30)21(39)28-14(9-33)23(41)42/h10-15,17,31-34H,3-9,24H2,1-2H3,(H,25,38)(H,26,37)(H,27,36)(H,28,39)(H,29,35)(H,41,42)/t10-,11+,12-,13-,14-,15-,17-/m0/s1. The molecule has 19 heteroatoms. The molecule has 1 heterocycles. The number of likely N-dealkylation sites (tertiary alicyclic amines) is 1. The van der Waals surface area contributed by atoms with Crippen LogP contribution in [0.3, 0.4) is 0 Å². The number of hydrogen-bond donors (Lipinski definition) is 11. The van der Waals surface area contributed by atoms with Crippen molar-refractivity contribution >= 4 is 41.4 Å². The molecule has 42 heavy (non-hydrogen) atoms. The maximum Gasteiger partial charge on any atom is 0.328 e. The second kappa shape index (κ2) is 17.1. The summed E-state index contributed by atoms with van der Waals surface area (Å²) < 4.78 is 0. The number of nitrogens with two attached hydrogens (primary N) is 1. The van der Waals surface area contributed by atoms with Crippen LogP contribution in [0.15, 0.2) is 0 Å². The quantitative estimate of drug-likeness (QED) is 0.0780. The van der Waals surface area contributed by atoms with Gasteiger partial charge in [0.05, 0.1) is 32.5 Å². The number of rotatable bonds is 16. The minimum atomic E-state index is -1.59. The van der Waals surface area contributed by atoms with Gasteiger partial charge >= 0.3 is 5.97 Å². The van der Waals surface area contributed by atoms with Crippen LogP contribution in [0.4, 0.5) is 0 Å². The summed E-state index contributed by atoms with van der Waals surface area (Å²) in [4.78, 5) is 86.8. The number of nitrogens with zero attached hydrogens (tertiary/aromatic N) is 1. The lowest BCUT2D eigenvalue weighted by Crippen LogP contribution is -2.59. The van der Waals surface area contributed by atoms with E-state index in [4.69, 9.17) is 21.1 Å². The molecule has 0 bridgehead atoms. The smallest absolute Gasteiger partial charge is 0.328 e. The first-order valence-electron chi connectivity index (χ1n) is 13.0. The number of carbonyl (C=O) groups is 7. The molecule has 0 saturated carbocycles. The van der Waals surface area contributed by atoms with Gasteiger partial charge in [-0.3, -0.25) is 28.8 Å². The fourth-order valence-corrected chi connectivity index (χ4v) is 3.80. The molecule has 0 unspecified atom stereocenters. The van der Waals surface area contributed by atoms with Crippen LogP contribution in [0.2, 0.25) is 0 Å². The summed E-state index contributed by atoms with van der Waals surface area (Å²) in [5, 5.41) is 57.6. The van der Waals surface area contributed by atoms with Crippen molar-refractivity contribution in [3.8, 4) is 0 Å². The summed E-state index contributed by atoms with van der Waals surface area (Å²) in [6.07, 6.45) is -0.926. The predicted octanol–water partition coefficient (Wildman–Crippen LogP) is -7.18. The van der Waals surface area contributed by atoms with Gasteiger partial charge in [-0.05, 0) is 26.7 Å². The second-order valence-corrected chi connectivity index (χ2v) is 9.54. The fraction of sp³-hybridized carbons (Fsp3) is 0.696. The maximum absolute atomic E-state index is 13.1. The van der Waals surface area contributed by atoms with Gasteiger partial charge in [0.1, 0.15) is 36.3 Å². The van der Waals surface area contributed by atoms with Gasteiger partial charge in [0, 0.05) is 6.54 Å². The van der Waals surface area contributed by atoms with Crippen molar-refractivity contribution in [3.05, 3.63) is 0 Å². The number of carboxylic acid groups (broad SMARTS) is 1. The van der Waals surface area contributed by atoms with Crippen molar-refractivity contribution < 1.29 is 59.1 Å². The largest absolute Gasteiger partial charge is 0.480 e. The van der Waals surface area contributed by atoms with Gasteiger partial charge in [0.2, 0.25) is 35.4 Å². The van der Waals surface area contributed by atoms with Crippen LogP contribution in [0.25, 0.3) is 0 Å². The highest BCUT2D eigenvalue weighted by molar-refractivity contribution is 5.96. The summed E-state index contributed by atoms with van der Waals surface area (Å²) in [5.74, 6) is -6.84. The van der Waals surface area contributed by atoms with Crippen molar-refractivity contribution in [2.24, 2.45) is 5.73 Å². The van der Waals surface area contributed by atoms with E-state index in [9.17, 15) is 43.8 Å². The monoisotopic (exact) mass is 605 g/mol. The Morgan fingerprint density at radius 3 is 2.00 bits per heavy atom. The Bertz CT molecular complexity index is 1010. The Kier molecular flexibility index (Phi) is 14.7. The molecule has 0 aromatic rings. The lowest BCUT2D eigenvalue weighted by Gasteiger charge is -2.30. The Morgan fingerprint density at radius 1 is 0.857 bits per heavy atom. The lowest BCUT2D eigenvalue weighted by molar-refractivity contribution is -0.146. The Balaban J connectivity index is 2.76. The number of carboxylic acids is 1. The van der Waals surface area contributed by atoms with Crippen LogP contribution >= 0.6 is 0 Å². The third kappa shape index (κ3) is 10.5. The van der Waals surface area contributed by atoms with Gasteiger partial charge in [0.15, 0.2) is 0 Å². The molecule has 0 spiro atoms. The van der Waals surface area contributed by atoms with Gasteiger partial charge in [-0.15, -0.1) is 0 Å².